The van der Waals surface area contributed by atoms with Crippen LogP contribution in [0.1, 0.15) is 25.7 Å². The Kier molecular flexibility index (Phi) is 4.37. The molecular weight excluding hydrogens is 352 g/mol. The fraction of sp³-hybridized carbons (Fsp3) is 0.389. The van der Waals surface area contributed by atoms with Crippen molar-refractivity contribution in [3.05, 3.63) is 33.9 Å². The fourth-order valence-electron chi connectivity index (χ4n) is 3.45. The number of nitrogens with zero attached hydrogens (tertiary/aromatic N) is 3. The van der Waals surface area contributed by atoms with Crippen LogP contribution in [0.5, 0.6) is 5.75 Å². The molecule has 7 nitrogen and oxygen atoms in total. The lowest BCUT2D eigenvalue weighted by Crippen LogP contribution is -2.39. The van der Waals surface area contributed by atoms with E-state index in [0.29, 0.717) is 11.4 Å². The predicted molar refractivity (Wildman–Crippen MR) is 102 cm³/mol. The molecule has 1 aliphatic rings. The predicted octanol–water partition coefficient (Wildman–Crippen LogP) is 2.48. The van der Waals surface area contributed by atoms with E-state index in [1.165, 1.54) is 15.9 Å². The standard InChI is InChI=1S/C18H20N4O3S/c1-22-17(11-6-7-14-10(15(11)24)8-9-26-14)21-20-16(18(22)25)19-12-4-2-3-5-13(12)23/h6-9,12-13,23-24H,2-5H2,1H3,(H,19,20)/t12-,13-/m1/s1. The van der Waals surface area contributed by atoms with E-state index in [4.69, 9.17) is 0 Å². The minimum Gasteiger partial charge on any atom is -0.507 e. The molecule has 3 N–H and O–H groups in total. The van der Waals surface area contributed by atoms with Gasteiger partial charge in [-0.2, -0.15) is 0 Å². The van der Waals surface area contributed by atoms with Crippen molar-refractivity contribution >= 4 is 27.2 Å². The number of phenolic OH excluding ortho intramolecular Hbond substituents is 1. The summed E-state index contributed by atoms with van der Waals surface area (Å²) in [5.41, 5.74) is 0.129. The summed E-state index contributed by atoms with van der Waals surface area (Å²) in [7, 11) is 1.60. The van der Waals surface area contributed by atoms with E-state index in [9.17, 15) is 15.0 Å². The third-order valence-corrected chi connectivity index (χ3v) is 5.85. The highest BCUT2D eigenvalue weighted by Crippen LogP contribution is 2.36. The third-order valence-electron chi connectivity index (χ3n) is 4.97. The number of aromatic nitrogens is 3. The van der Waals surface area contributed by atoms with Gasteiger partial charge in [-0.25, -0.2) is 0 Å². The molecule has 0 unspecified atom stereocenters. The van der Waals surface area contributed by atoms with E-state index in [2.05, 4.69) is 15.5 Å². The lowest BCUT2D eigenvalue weighted by molar-refractivity contribution is 0.116. The maximum absolute atomic E-state index is 12.7. The monoisotopic (exact) mass is 372 g/mol. The van der Waals surface area contributed by atoms with Gasteiger partial charge in [0.05, 0.1) is 17.7 Å². The quantitative estimate of drug-likeness (QED) is 0.653. The van der Waals surface area contributed by atoms with Crippen molar-refractivity contribution in [1.82, 2.24) is 14.8 Å². The molecule has 0 amide bonds. The van der Waals surface area contributed by atoms with E-state index >= 15 is 0 Å². The summed E-state index contributed by atoms with van der Waals surface area (Å²) in [6, 6.07) is 5.29. The van der Waals surface area contributed by atoms with Crippen LogP contribution in [-0.4, -0.2) is 37.1 Å². The number of aromatic hydroxyl groups is 1. The Balaban J connectivity index is 1.71. The number of hydrogen-bond acceptors (Lipinski definition) is 7. The van der Waals surface area contributed by atoms with Gasteiger partial charge in [0, 0.05) is 17.1 Å². The lowest BCUT2D eigenvalue weighted by atomic mass is 9.93. The first-order valence-electron chi connectivity index (χ1n) is 8.64. The van der Waals surface area contributed by atoms with Gasteiger partial charge in [0.15, 0.2) is 5.82 Å². The molecule has 1 fully saturated rings. The zero-order valence-corrected chi connectivity index (χ0v) is 15.2. The topological polar surface area (TPSA) is 100 Å². The molecule has 26 heavy (non-hydrogen) atoms. The minimum atomic E-state index is -0.486. The van der Waals surface area contributed by atoms with Crippen LogP contribution in [-0.2, 0) is 7.05 Å². The number of fused-ring (bicyclic) bond motifs is 1. The molecule has 0 aliphatic heterocycles. The average Bonchev–Trinajstić information content (AvgIpc) is 3.12. The number of anilines is 1. The van der Waals surface area contributed by atoms with Crippen molar-refractivity contribution in [3.63, 3.8) is 0 Å². The minimum absolute atomic E-state index is 0.0939. The largest absolute Gasteiger partial charge is 0.507 e. The van der Waals surface area contributed by atoms with Crippen LogP contribution in [0.2, 0.25) is 0 Å². The van der Waals surface area contributed by atoms with Crippen LogP contribution >= 0.6 is 11.3 Å². The molecule has 2 aromatic heterocycles. The first-order chi connectivity index (χ1) is 12.6. The third kappa shape index (κ3) is 2.85. The van der Waals surface area contributed by atoms with Gasteiger partial charge >= 0.3 is 0 Å². The van der Waals surface area contributed by atoms with Crippen molar-refractivity contribution in [3.8, 4) is 17.1 Å². The maximum atomic E-state index is 12.7. The Hall–Kier alpha value is -2.45. The van der Waals surface area contributed by atoms with Crippen LogP contribution in [0.15, 0.2) is 28.4 Å². The molecule has 0 saturated heterocycles. The second-order valence-corrected chi connectivity index (χ2v) is 7.58. The number of benzene rings is 1. The molecule has 1 aliphatic carbocycles. The molecule has 2 atom stereocenters. The zero-order valence-electron chi connectivity index (χ0n) is 14.3. The maximum Gasteiger partial charge on any atom is 0.296 e. The lowest BCUT2D eigenvalue weighted by Gasteiger charge is -2.28. The van der Waals surface area contributed by atoms with Crippen molar-refractivity contribution in [2.75, 3.05) is 5.32 Å². The number of rotatable bonds is 3. The van der Waals surface area contributed by atoms with Gasteiger partial charge in [-0.3, -0.25) is 9.36 Å². The molecular formula is C18H20N4O3S. The van der Waals surface area contributed by atoms with Crippen molar-refractivity contribution in [2.24, 2.45) is 7.05 Å². The zero-order chi connectivity index (χ0) is 18.3. The van der Waals surface area contributed by atoms with Crippen LogP contribution < -0.4 is 10.9 Å². The summed E-state index contributed by atoms with van der Waals surface area (Å²) in [6.45, 7) is 0. The van der Waals surface area contributed by atoms with E-state index in [1.807, 2.05) is 17.5 Å². The second kappa shape index (κ2) is 6.69. The number of phenols is 1. The number of thiophene rings is 1. The highest BCUT2D eigenvalue weighted by atomic mass is 32.1. The van der Waals surface area contributed by atoms with Crippen LogP contribution in [0.4, 0.5) is 5.82 Å². The summed E-state index contributed by atoms with van der Waals surface area (Å²) in [5.74, 6) is 0.519. The molecule has 1 aromatic carbocycles. The molecule has 3 aromatic rings. The Morgan fingerprint density at radius 1 is 1.23 bits per heavy atom. The molecule has 136 valence electrons. The van der Waals surface area contributed by atoms with Crippen LogP contribution in [0, 0.1) is 0 Å². The summed E-state index contributed by atoms with van der Waals surface area (Å²) < 4.78 is 2.34. The number of hydrogen-bond donors (Lipinski definition) is 3. The van der Waals surface area contributed by atoms with Gasteiger partial charge in [-0.1, -0.05) is 12.8 Å². The summed E-state index contributed by atoms with van der Waals surface area (Å²) >= 11 is 1.54. The van der Waals surface area contributed by atoms with Crippen molar-refractivity contribution < 1.29 is 10.2 Å². The first-order valence-corrected chi connectivity index (χ1v) is 9.52. The van der Waals surface area contributed by atoms with Gasteiger partial charge in [-0.05, 0) is 36.4 Å². The Morgan fingerprint density at radius 3 is 2.85 bits per heavy atom. The molecule has 0 spiro atoms. The van der Waals surface area contributed by atoms with Crippen molar-refractivity contribution in [1.29, 1.82) is 0 Å². The molecule has 8 heteroatoms. The molecule has 4 rings (SSSR count). The molecule has 0 radical (unpaired) electrons. The second-order valence-electron chi connectivity index (χ2n) is 6.63. The highest BCUT2D eigenvalue weighted by molar-refractivity contribution is 7.17. The van der Waals surface area contributed by atoms with E-state index < -0.39 is 6.10 Å². The van der Waals surface area contributed by atoms with Gasteiger partial charge < -0.3 is 15.5 Å². The molecule has 2 heterocycles. The van der Waals surface area contributed by atoms with E-state index in [1.54, 1.807) is 13.1 Å². The smallest absolute Gasteiger partial charge is 0.296 e. The molecule has 1 saturated carbocycles. The van der Waals surface area contributed by atoms with E-state index in [0.717, 1.165) is 35.8 Å². The van der Waals surface area contributed by atoms with Crippen molar-refractivity contribution in [2.45, 2.75) is 37.8 Å². The SMILES string of the molecule is Cn1c(-c2ccc3sccc3c2O)nnc(N[C@@H]2CCCC[C@H]2O)c1=O. The fourth-order valence-corrected chi connectivity index (χ4v) is 4.24. The number of aliphatic hydroxyl groups is 1. The summed E-state index contributed by atoms with van der Waals surface area (Å²) in [6.07, 6.45) is 3.03. The Morgan fingerprint density at radius 2 is 2.04 bits per heavy atom. The van der Waals surface area contributed by atoms with Gasteiger partial charge in [-0.15, -0.1) is 21.5 Å². The Bertz CT molecular complexity index is 1010. The van der Waals surface area contributed by atoms with Crippen LogP contribution in [0.25, 0.3) is 21.5 Å². The number of aliphatic hydroxyl groups excluding tert-OH is 1. The summed E-state index contributed by atoms with van der Waals surface area (Å²) in [5, 5.41) is 34.5. The summed E-state index contributed by atoms with van der Waals surface area (Å²) in [4.78, 5) is 12.7. The van der Waals surface area contributed by atoms with Gasteiger partial charge in [0.2, 0.25) is 5.82 Å². The van der Waals surface area contributed by atoms with Crippen LogP contribution in [0.3, 0.4) is 0 Å². The molecule has 0 bridgehead atoms. The van der Waals surface area contributed by atoms with E-state index in [-0.39, 0.29) is 23.2 Å². The average molecular weight is 372 g/mol. The normalized spacial score (nSPS) is 20.4. The van der Waals surface area contributed by atoms with Gasteiger partial charge in [0.25, 0.3) is 5.56 Å². The van der Waals surface area contributed by atoms with Gasteiger partial charge in [0.1, 0.15) is 5.75 Å². The Labute approximate surface area is 153 Å². The highest BCUT2D eigenvalue weighted by Gasteiger charge is 2.25. The number of nitrogens with one attached hydrogen (secondary N) is 1. The first kappa shape index (κ1) is 17.0.